The molecule has 1 aromatic heterocycles. The van der Waals surface area contributed by atoms with Gasteiger partial charge in [0, 0.05) is 62.7 Å². The van der Waals surface area contributed by atoms with E-state index >= 15 is 0 Å². The third-order valence-electron chi connectivity index (χ3n) is 8.29. The van der Waals surface area contributed by atoms with Crippen LogP contribution >= 0.6 is 0 Å². The number of hydrogen-bond acceptors (Lipinski definition) is 6. The molecule has 1 N–H and O–H groups in total. The van der Waals surface area contributed by atoms with E-state index in [1.165, 1.54) is 19.4 Å². The summed E-state index contributed by atoms with van der Waals surface area (Å²) in [4.78, 5) is 35.7. The number of piperazine rings is 1. The summed E-state index contributed by atoms with van der Waals surface area (Å²) >= 11 is 0. The van der Waals surface area contributed by atoms with Crippen molar-refractivity contribution in [3.63, 3.8) is 0 Å². The normalized spacial score (nSPS) is 16.7. The van der Waals surface area contributed by atoms with Crippen molar-refractivity contribution >= 4 is 28.3 Å². The van der Waals surface area contributed by atoms with Crippen molar-refractivity contribution in [3.05, 3.63) is 101 Å². The van der Waals surface area contributed by atoms with Crippen molar-refractivity contribution in [1.82, 2.24) is 14.8 Å². The SMILES string of the molecule is Cc1cc(C)cc(C(=O)Oc2ccc(C(CN3CCN(CC4CC4)CC3)C(=O)Nc3ccc4cnccc4c3)cc2)c1. The van der Waals surface area contributed by atoms with Gasteiger partial charge in [0.1, 0.15) is 5.75 Å². The van der Waals surface area contributed by atoms with E-state index in [-0.39, 0.29) is 17.8 Å². The molecule has 1 aliphatic heterocycles. The smallest absolute Gasteiger partial charge is 0.343 e. The van der Waals surface area contributed by atoms with E-state index in [9.17, 15) is 9.59 Å². The summed E-state index contributed by atoms with van der Waals surface area (Å²) in [6.07, 6.45) is 6.31. The van der Waals surface area contributed by atoms with Crippen LogP contribution in [0.4, 0.5) is 5.69 Å². The van der Waals surface area contributed by atoms with Crippen LogP contribution < -0.4 is 10.1 Å². The Kier molecular flexibility index (Phi) is 8.31. The molecular formula is C35H38N4O3. The molecule has 1 saturated heterocycles. The number of esters is 1. The Morgan fingerprint density at radius 1 is 0.881 bits per heavy atom. The highest BCUT2D eigenvalue weighted by Crippen LogP contribution is 2.30. The van der Waals surface area contributed by atoms with Crippen LogP contribution in [0.5, 0.6) is 5.75 Å². The predicted octanol–water partition coefficient (Wildman–Crippen LogP) is 5.82. The second-order valence-corrected chi connectivity index (χ2v) is 11.9. The highest BCUT2D eigenvalue weighted by atomic mass is 16.5. The van der Waals surface area contributed by atoms with Crippen LogP contribution in [-0.2, 0) is 4.79 Å². The first-order chi connectivity index (χ1) is 20.4. The summed E-state index contributed by atoms with van der Waals surface area (Å²) in [6, 6.07) is 20.9. The Labute approximate surface area is 247 Å². The Balaban J connectivity index is 1.17. The Bertz CT molecular complexity index is 1550. The van der Waals surface area contributed by atoms with Crippen molar-refractivity contribution < 1.29 is 14.3 Å². The largest absolute Gasteiger partial charge is 0.423 e. The summed E-state index contributed by atoms with van der Waals surface area (Å²) in [5, 5.41) is 5.22. The van der Waals surface area contributed by atoms with Gasteiger partial charge in [-0.1, -0.05) is 35.4 Å². The zero-order chi connectivity index (χ0) is 29.1. The van der Waals surface area contributed by atoms with Crippen LogP contribution in [-0.4, -0.2) is 65.9 Å². The van der Waals surface area contributed by atoms with Crippen molar-refractivity contribution in [2.45, 2.75) is 32.6 Å². The number of hydrogen-bond donors (Lipinski definition) is 1. The van der Waals surface area contributed by atoms with Crippen molar-refractivity contribution in [2.75, 3.05) is 44.6 Å². The summed E-state index contributed by atoms with van der Waals surface area (Å²) in [7, 11) is 0. The minimum absolute atomic E-state index is 0.0520. The van der Waals surface area contributed by atoms with E-state index in [0.29, 0.717) is 17.9 Å². The van der Waals surface area contributed by atoms with E-state index in [1.54, 1.807) is 18.3 Å². The van der Waals surface area contributed by atoms with Crippen LogP contribution in [0.1, 0.15) is 45.8 Å². The minimum atomic E-state index is -0.389. The standard InChI is InChI=1S/C35H38N4O3/c1-24-17-25(2)19-30(18-24)35(41)42-32-9-6-27(7-10-32)33(23-39-15-13-38(14-16-39)22-26-3-4-26)34(40)37-31-8-5-29-21-36-12-11-28(29)20-31/h5-12,17-21,26,33H,3-4,13-16,22-23H2,1-2H3,(H,37,40). The second-order valence-electron chi connectivity index (χ2n) is 11.9. The molecule has 1 unspecified atom stereocenters. The third kappa shape index (κ3) is 7.04. The Morgan fingerprint density at radius 3 is 2.31 bits per heavy atom. The maximum atomic E-state index is 13.8. The highest BCUT2D eigenvalue weighted by molar-refractivity contribution is 5.98. The van der Waals surface area contributed by atoms with Crippen LogP contribution in [0, 0.1) is 19.8 Å². The average Bonchev–Trinajstić information content (AvgIpc) is 3.81. The van der Waals surface area contributed by atoms with E-state index in [4.69, 9.17) is 4.74 Å². The van der Waals surface area contributed by atoms with Crippen molar-refractivity contribution in [1.29, 1.82) is 0 Å². The molecule has 3 aromatic carbocycles. The molecule has 4 aromatic rings. The quantitative estimate of drug-likeness (QED) is 0.205. The fourth-order valence-corrected chi connectivity index (χ4v) is 5.84. The summed E-state index contributed by atoms with van der Waals surface area (Å²) in [5.41, 5.74) is 4.21. The van der Waals surface area contributed by atoms with Gasteiger partial charge in [-0.25, -0.2) is 4.79 Å². The van der Waals surface area contributed by atoms with Gasteiger partial charge in [0.2, 0.25) is 5.91 Å². The topological polar surface area (TPSA) is 74.8 Å². The van der Waals surface area contributed by atoms with Crippen molar-refractivity contribution in [3.8, 4) is 5.75 Å². The number of pyridine rings is 1. The number of amides is 1. The first-order valence-electron chi connectivity index (χ1n) is 14.9. The van der Waals surface area contributed by atoms with Gasteiger partial charge in [0.15, 0.2) is 0 Å². The lowest BCUT2D eigenvalue weighted by molar-refractivity contribution is -0.118. The lowest BCUT2D eigenvalue weighted by atomic mass is 9.96. The maximum absolute atomic E-state index is 13.8. The number of aromatic nitrogens is 1. The molecule has 6 rings (SSSR count). The van der Waals surface area contributed by atoms with E-state index in [2.05, 4.69) is 20.1 Å². The zero-order valence-electron chi connectivity index (χ0n) is 24.4. The van der Waals surface area contributed by atoms with Crippen molar-refractivity contribution in [2.24, 2.45) is 5.92 Å². The van der Waals surface area contributed by atoms with E-state index in [1.807, 2.05) is 74.6 Å². The molecule has 216 valence electrons. The molecular weight excluding hydrogens is 524 g/mol. The summed E-state index contributed by atoms with van der Waals surface area (Å²) < 4.78 is 5.68. The lowest BCUT2D eigenvalue weighted by Gasteiger charge is -2.36. The molecule has 2 fully saturated rings. The van der Waals surface area contributed by atoms with E-state index in [0.717, 1.165) is 65.2 Å². The molecule has 42 heavy (non-hydrogen) atoms. The average molecular weight is 563 g/mol. The molecule has 7 nitrogen and oxygen atoms in total. The van der Waals surface area contributed by atoms with Gasteiger partial charge in [-0.15, -0.1) is 0 Å². The second kappa shape index (κ2) is 12.4. The van der Waals surface area contributed by atoms with Crippen LogP contribution in [0.15, 0.2) is 79.1 Å². The molecule has 0 radical (unpaired) electrons. The van der Waals surface area contributed by atoms with Crippen LogP contribution in [0.25, 0.3) is 10.8 Å². The van der Waals surface area contributed by atoms with Crippen LogP contribution in [0.3, 0.4) is 0 Å². The van der Waals surface area contributed by atoms with Gasteiger partial charge >= 0.3 is 5.97 Å². The molecule has 1 atom stereocenters. The zero-order valence-corrected chi connectivity index (χ0v) is 24.4. The number of anilines is 1. The first kappa shape index (κ1) is 28.1. The number of nitrogens with one attached hydrogen (secondary N) is 1. The molecule has 1 aliphatic carbocycles. The van der Waals surface area contributed by atoms with Crippen LogP contribution in [0.2, 0.25) is 0 Å². The molecule has 1 amide bonds. The van der Waals surface area contributed by atoms with Gasteiger partial charge in [0.25, 0.3) is 0 Å². The number of fused-ring (bicyclic) bond motifs is 1. The first-order valence-corrected chi connectivity index (χ1v) is 14.9. The minimum Gasteiger partial charge on any atom is -0.423 e. The number of ether oxygens (including phenoxy) is 1. The third-order valence-corrected chi connectivity index (χ3v) is 8.29. The molecule has 1 saturated carbocycles. The van der Waals surface area contributed by atoms with E-state index < -0.39 is 0 Å². The molecule has 2 aliphatic rings. The molecule has 0 spiro atoms. The predicted molar refractivity (Wildman–Crippen MR) is 166 cm³/mol. The molecule has 0 bridgehead atoms. The summed E-state index contributed by atoms with van der Waals surface area (Å²) in [5.74, 6) is 0.523. The number of carbonyl (C=O) groups excluding carboxylic acids is 2. The number of benzene rings is 3. The number of aryl methyl sites for hydroxylation is 2. The van der Waals surface area contributed by atoms with Gasteiger partial charge in [-0.3, -0.25) is 14.7 Å². The Hall–Kier alpha value is -4.07. The fourth-order valence-electron chi connectivity index (χ4n) is 5.84. The highest BCUT2D eigenvalue weighted by Gasteiger charge is 2.29. The number of nitrogens with zero attached hydrogens (tertiary/aromatic N) is 3. The Morgan fingerprint density at radius 2 is 1.60 bits per heavy atom. The fraction of sp³-hybridized carbons (Fsp3) is 0.343. The number of carbonyl (C=O) groups is 2. The van der Waals surface area contributed by atoms with Gasteiger partial charge in [0.05, 0.1) is 11.5 Å². The number of rotatable bonds is 9. The monoisotopic (exact) mass is 562 g/mol. The van der Waals surface area contributed by atoms with Gasteiger partial charge in [-0.05, 0) is 86.0 Å². The van der Waals surface area contributed by atoms with Gasteiger partial charge < -0.3 is 15.0 Å². The molecule has 2 heterocycles. The maximum Gasteiger partial charge on any atom is 0.343 e. The lowest BCUT2D eigenvalue weighted by Crippen LogP contribution is -2.48. The molecule has 7 heteroatoms. The van der Waals surface area contributed by atoms with Gasteiger partial charge in [-0.2, -0.15) is 0 Å². The summed E-state index contributed by atoms with van der Waals surface area (Å²) in [6.45, 7) is 9.74.